The van der Waals surface area contributed by atoms with E-state index in [1.54, 1.807) is 6.92 Å². The van der Waals surface area contributed by atoms with Crippen molar-refractivity contribution in [1.82, 2.24) is 4.90 Å². The van der Waals surface area contributed by atoms with Crippen LogP contribution in [0.3, 0.4) is 0 Å². The van der Waals surface area contributed by atoms with Gasteiger partial charge in [-0.3, -0.25) is 4.79 Å². The van der Waals surface area contributed by atoms with Gasteiger partial charge in [-0.1, -0.05) is 6.92 Å². The second-order valence-corrected chi connectivity index (χ2v) is 3.30. The highest BCUT2D eigenvalue weighted by Gasteiger charge is 2.39. The largest absolute Gasteiger partial charge is 0.445 e. The number of hydrogen-bond donors (Lipinski definition) is 1. The van der Waals surface area contributed by atoms with E-state index in [4.69, 9.17) is 5.73 Å². The molecule has 7 nitrogen and oxygen atoms in total. The molecule has 2 N–H and O–H groups in total. The quantitative estimate of drug-likeness (QED) is 0.576. The zero-order valence-corrected chi connectivity index (χ0v) is 9.35. The van der Waals surface area contributed by atoms with Crippen molar-refractivity contribution in [1.29, 1.82) is 0 Å². The molecule has 1 aliphatic rings. The zero-order chi connectivity index (χ0) is 12.5. The summed E-state index contributed by atoms with van der Waals surface area (Å²) in [5, 5.41) is 0. The lowest BCUT2D eigenvalue weighted by Crippen LogP contribution is -2.55. The van der Waals surface area contributed by atoms with Crippen LogP contribution in [0.1, 0.15) is 13.3 Å². The van der Waals surface area contributed by atoms with E-state index in [-0.39, 0.29) is 18.0 Å². The lowest BCUT2D eigenvalue weighted by molar-refractivity contribution is -0.401. The topological polar surface area (TPSA) is 95.8 Å². The van der Waals surface area contributed by atoms with Gasteiger partial charge in [0.2, 0.25) is 11.6 Å². The molecule has 0 spiro atoms. The minimum atomic E-state index is -0.664. The van der Waals surface area contributed by atoms with Gasteiger partial charge in [0.1, 0.15) is 0 Å². The van der Waals surface area contributed by atoms with Crippen molar-refractivity contribution in [2.45, 2.75) is 13.3 Å². The molecule has 0 aromatic heterocycles. The average Bonchev–Trinajstić information content (AvgIpc) is 2.29. The standard InChI is InChI=1S/C9H12N4O3/c1-4-5(14)11-6-7(10)12(2)9(16)13(3)8(6)15/h10H,4H2,1-3H3/p+1. The van der Waals surface area contributed by atoms with E-state index >= 15 is 0 Å². The molecule has 0 radical (unpaired) electrons. The second-order valence-electron chi connectivity index (χ2n) is 3.30. The van der Waals surface area contributed by atoms with Crippen LogP contribution in [0.2, 0.25) is 0 Å². The van der Waals surface area contributed by atoms with Gasteiger partial charge in [0.05, 0.1) is 14.1 Å². The van der Waals surface area contributed by atoms with Gasteiger partial charge in [-0.15, -0.1) is 0 Å². The van der Waals surface area contributed by atoms with Crippen LogP contribution in [-0.2, 0) is 9.59 Å². The summed E-state index contributed by atoms with van der Waals surface area (Å²) in [7, 11) is 2.71. The number of aliphatic imine (C=N–C) groups is 1. The Morgan fingerprint density at radius 3 is 2.56 bits per heavy atom. The fourth-order valence-electron chi connectivity index (χ4n) is 1.15. The van der Waals surface area contributed by atoms with Crippen LogP contribution in [0.4, 0.5) is 4.79 Å². The van der Waals surface area contributed by atoms with E-state index in [9.17, 15) is 14.4 Å². The number of rotatable bonds is 1. The number of nitrogens with zero attached hydrogens (tertiary/aromatic N) is 3. The smallest absolute Gasteiger partial charge is 0.316 e. The van der Waals surface area contributed by atoms with Gasteiger partial charge in [-0.2, -0.15) is 14.5 Å². The molecule has 0 saturated heterocycles. The van der Waals surface area contributed by atoms with E-state index in [0.717, 1.165) is 9.48 Å². The fourth-order valence-corrected chi connectivity index (χ4v) is 1.15. The first-order valence-electron chi connectivity index (χ1n) is 4.70. The number of nitrogens with two attached hydrogens (primary N) is 1. The lowest BCUT2D eigenvalue weighted by Gasteiger charge is -2.17. The number of hydrogen-bond acceptors (Lipinski definition) is 4. The van der Waals surface area contributed by atoms with Crippen molar-refractivity contribution in [3.05, 3.63) is 0 Å². The Bertz CT molecular complexity index is 436. The maximum atomic E-state index is 11.6. The van der Waals surface area contributed by atoms with E-state index in [1.165, 1.54) is 14.1 Å². The summed E-state index contributed by atoms with van der Waals surface area (Å²) in [6.45, 7) is 1.62. The molecule has 7 heteroatoms. The van der Waals surface area contributed by atoms with Crippen LogP contribution in [0.25, 0.3) is 0 Å². The van der Waals surface area contributed by atoms with Crippen LogP contribution < -0.4 is 5.73 Å². The average molecular weight is 225 g/mol. The summed E-state index contributed by atoms with van der Waals surface area (Å²) in [6, 6.07) is -0.551. The van der Waals surface area contributed by atoms with E-state index in [0.29, 0.717) is 0 Å². The highest BCUT2D eigenvalue weighted by atomic mass is 16.2. The molecule has 86 valence electrons. The third-order valence-electron chi connectivity index (χ3n) is 2.22. The van der Waals surface area contributed by atoms with Gasteiger partial charge in [0, 0.05) is 6.42 Å². The molecule has 16 heavy (non-hydrogen) atoms. The third kappa shape index (κ3) is 1.83. The number of urea groups is 1. The molecule has 0 aromatic rings. The van der Waals surface area contributed by atoms with Gasteiger partial charge >= 0.3 is 11.9 Å². The number of carbonyl (C=O) groups is 3. The van der Waals surface area contributed by atoms with Crippen molar-refractivity contribution in [3.63, 3.8) is 0 Å². The maximum absolute atomic E-state index is 11.6. The zero-order valence-electron chi connectivity index (χ0n) is 9.35. The maximum Gasteiger partial charge on any atom is 0.445 e. The number of carbonyl (C=O) groups excluding carboxylic acids is 3. The van der Waals surface area contributed by atoms with Crippen molar-refractivity contribution in [2.24, 2.45) is 10.7 Å². The van der Waals surface area contributed by atoms with Gasteiger partial charge in [-0.25, -0.2) is 9.59 Å². The van der Waals surface area contributed by atoms with E-state index in [1.807, 2.05) is 0 Å². The van der Waals surface area contributed by atoms with Crippen LogP contribution >= 0.6 is 0 Å². The van der Waals surface area contributed by atoms with Crippen molar-refractivity contribution < 1.29 is 19.0 Å². The predicted octanol–water partition coefficient (Wildman–Crippen LogP) is -1.04. The number of amidine groups is 1. The first-order chi connectivity index (χ1) is 7.40. The molecule has 0 bridgehead atoms. The van der Waals surface area contributed by atoms with Crippen LogP contribution in [0.15, 0.2) is 4.99 Å². The van der Waals surface area contributed by atoms with E-state index < -0.39 is 17.8 Å². The van der Waals surface area contributed by atoms with Crippen LogP contribution in [0, 0.1) is 0 Å². The molecule has 1 rings (SSSR count). The monoisotopic (exact) mass is 225 g/mol. The highest BCUT2D eigenvalue weighted by molar-refractivity contribution is 6.67. The summed E-state index contributed by atoms with van der Waals surface area (Å²) in [5.41, 5.74) is 5.38. The minimum absolute atomic E-state index is 0.102. The molecule has 0 fully saturated rings. The van der Waals surface area contributed by atoms with Gasteiger partial charge in [-0.05, 0) is 0 Å². The summed E-state index contributed by atoms with van der Waals surface area (Å²) in [6.07, 6.45) is 0.172. The Labute approximate surface area is 92.2 Å². The summed E-state index contributed by atoms with van der Waals surface area (Å²) < 4.78 is 1.07. The minimum Gasteiger partial charge on any atom is -0.316 e. The Morgan fingerprint density at radius 1 is 1.50 bits per heavy atom. The first kappa shape index (κ1) is 12.0. The molecule has 4 amide bonds. The molecule has 1 aliphatic heterocycles. The normalized spacial score (nSPS) is 19.7. The summed E-state index contributed by atoms with van der Waals surface area (Å²) in [5.74, 6) is -1.22. The highest BCUT2D eigenvalue weighted by Crippen LogP contribution is 2.01. The van der Waals surface area contributed by atoms with Gasteiger partial charge < -0.3 is 5.73 Å². The molecular formula is C9H13N4O3+. The van der Waals surface area contributed by atoms with Gasteiger partial charge in [0.15, 0.2) is 0 Å². The lowest BCUT2D eigenvalue weighted by atomic mass is 10.2. The molecule has 0 aromatic carbocycles. The molecule has 0 aliphatic carbocycles. The van der Waals surface area contributed by atoms with Crippen molar-refractivity contribution in [3.8, 4) is 0 Å². The Hall–Kier alpha value is -2.05. The van der Waals surface area contributed by atoms with Crippen molar-refractivity contribution >= 4 is 29.4 Å². The number of amides is 4. The van der Waals surface area contributed by atoms with Crippen LogP contribution in [0.5, 0.6) is 0 Å². The molecular weight excluding hydrogens is 212 g/mol. The van der Waals surface area contributed by atoms with Crippen LogP contribution in [-0.4, -0.2) is 53.0 Å². The summed E-state index contributed by atoms with van der Waals surface area (Å²) >= 11 is 0. The summed E-state index contributed by atoms with van der Waals surface area (Å²) in [4.78, 5) is 38.7. The Morgan fingerprint density at radius 2 is 2.06 bits per heavy atom. The Balaban J connectivity index is 3.29. The van der Waals surface area contributed by atoms with E-state index in [2.05, 4.69) is 4.99 Å². The molecule has 0 atom stereocenters. The number of imide groups is 1. The Kier molecular flexibility index (Phi) is 3.17. The van der Waals surface area contributed by atoms with Gasteiger partial charge in [0.25, 0.3) is 5.84 Å². The molecule has 0 saturated carbocycles. The van der Waals surface area contributed by atoms with Crippen molar-refractivity contribution in [2.75, 3.05) is 14.1 Å². The fraction of sp³-hybridized carbons (Fsp3) is 0.444. The SMILES string of the molecule is CCC(=O)N=C1C(=O)N(C)C(=O)[N+](C)=C1N. The molecule has 1 heterocycles. The third-order valence-corrected chi connectivity index (χ3v) is 2.22. The first-order valence-corrected chi connectivity index (χ1v) is 4.70. The second kappa shape index (κ2) is 4.21. The predicted molar refractivity (Wildman–Crippen MR) is 56.3 cm³/mol. The molecule has 0 unspecified atom stereocenters.